The number of ether oxygens (including phenoxy) is 1. The first kappa shape index (κ1) is 13.9. The Labute approximate surface area is 117 Å². The second kappa shape index (κ2) is 5.61. The molecule has 0 saturated heterocycles. The molecule has 20 heavy (non-hydrogen) atoms. The molecule has 1 heterocycles. The van der Waals surface area contributed by atoms with Gasteiger partial charge in [0.1, 0.15) is 11.4 Å². The summed E-state index contributed by atoms with van der Waals surface area (Å²) >= 11 is 0. The summed E-state index contributed by atoms with van der Waals surface area (Å²) in [6, 6.07) is 5.83. The molecule has 0 saturated carbocycles. The Balaban J connectivity index is 2.49. The van der Waals surface area contributed by atoms with Gasteiger partial charge in [0.2, 0.25) is 0 Å². The number of methoxy groups -OCH3 is 1. The van der Waals surface area contributed by atoms with Crippen molar-refractivity contribution < 1.29 is 14.6 Å². The van der Waals surface area contributed by atoms with E-state index in [-0.39, 0.29) is 0 Å². The molecule has 0 aliphatic carbocycles. The van der Waals surface area contributed by atoms with Crippen LogP contribution in [0.5, 0.6) is 5.75 Å². The van der Waals surface area contributed by atoms with Crippen molar-refractivity contribution in [1.82, 2.24) is 9.78 Å². The van der Waals surface area contributed by atoms with Crippen LogP contribution in [0.2, 0.25) is 0 Å². The van der Waals surface area contributed by atoms with E-state index in [2.05, 4.69) is 5.10 Å². The molecule has 1 aromatic heterocycles. The molecule has 104 valence electrons. The van der Waals surface area contributed by atoms with Crippen molar-refractivity contribution in [1.29, 1.82) is 0 Å². The van der Waals surface area contributed by atoms with E-state index in [0.29, 0.717) is 0 Å². The lowest BCUT2D eigenvalue weighted by Gasteiger charge is -2.11. The van der Waals surface area contributed by atoms with Gasteiger partial charge in [0.25, 0.3) is 0 Å². The number of benzene rings is 1. The fourth-order valence-electron chi connectivity index (χ4n) is 1.96. The molecule has 0 unspecified atom stereocenters. The highest BCUT2D eigenvalue weighted by Crippen LogP contribution is 2.25. The average Bonchev–Trinajstić information content (AvgIpc) is 2.77. The van der Waals surface area contributed by atoms with Crippen LogP contribution in [-0.2, 0) is 4.79 Å². The van der Waals surface area contributed by atoms with Gasteiger partial charge in [-0.1, -0.05) is 6.07 Å². The average molecular weight is 272 g/mol. The van der Waals surface area contributed by atoms with Gasteiger partial charge in [0.05, 0.1) is 13.3 Å². The summed E-state index contributed by atoms with van der Waals surface area (Å²) in [5.74, 6) is -0.263. The molecule has 1 N–H and O–H groups in total. The first-order valence-electron chi connectivity index (χ1n) is 6.13. The summed E-state index contributed by atoms with van der Waals surface area (Å²) in [6.07, 6.45) is 4.27. The molecule has 2 rings (SSSR count). The number of hydrogen-bond donors (Lipinski definition) is 1. The molecule has 0 aliphatic heterocycles. The van der Waals surface area contributed by atoms with Crippen LogP contribution in [0.15, 0.2) is 30.5 Å². The highest BCUT2D eigenvalue weighted by atomic mass is 16.5. The Morgan fingerprint density at radius 1 is 1.40 bits per heavy atom. The monoisotopic (exact) mass is 272 g/mol. The summed E-state index contributed by atoms with van der Waals surface area (Å²) in [7, 11) is 1.61. The number of hydrogen-bond acceptors (Lipinski definition) is 3. The van der Waals surface area contributed by atoms with Gasteiger partial charge in [0.15, 0.2) is 0 Å². The number of carbonyl (C=O) groups is 1. The zero-order valence-electron chi connectivity index (χ0n) is 11.6. The normalized spacial score (nSPS) is 10.9. The highest BCUT2D eigenvalue weighted by molar-refractivity contribution is 5.85. The lowest BCUT2D eigenvalue weighted by molar-refractivity contribution is -0.131. The molecule has 1 aromatic carbocycles. The highest BCUT2D eigenvalue weighted by Gasteiger charge is 2.11. The van der Waals surface area contributed by atoms with E-state index in [1.807, 2.05) is 32.0 Å². The van der Waals surface area contributed by atoms with Crippen molar-refractivity contribution in [2.45, 2.75) is 13.8 Å². The molecule has 0 radical (unpaired) electrons. The van der Waals surface area contributed by atoms with Gasteiger partial charge >= 0.3 is 5.97 Å². The standard InChI is InChI=1S/C15H16N2O3/c1-10-4-6-14(20-3)13(8-10)17-11(2)12(9-16-17)5-7-15(18)19/h4-9H,1-3H3,(H,18,19)/b7-5+. The van der Waals surface area contributed by atoms with E-state index in [4.69, 9.17) is 9.84 Å². The Hall–Kier alpha value is -2.56. The summed E-state index contributed by atoms with van der Waals surface area (Å²) < 4.78 is 7.09. The zero-order valence-corrected chi connectivity index (χ0v) is 11.6. The summed E-state index contributed by atoms with van der Waals surface area (Å²) in [4.78, 5) is 10.6. The van der Waals surface area contributed by atoms with Crippen molar-refractivity contribution in [3.05, 3.63) is 47.3 Å². The Kier molecular flexibility index (Phi) is 3.89. The number of aryl methyl sites for hydroxylation is 1. The Bertz CT molecular complexity index is 672. The smallest absolute Gasteiger partial charge is 0.328 e. The summed E-state index contributed by atoms with van der Waals surface area (Å²) in [5, 5.41) is 13.0. The molecule has 0 spiro atoms. The van der Waals surface area contributed by atoms with Gasteiger partial charge in [-0.3, -0.25) is 0 Å². The molecular formula is C15H16N2O3. The molecular weight excluding hydrogens is 256 g/mol. The van der Waals surface area contributed by atoms with E-state index < -0.39 is 5.97 Å². The molecule has 0 atom stereocenters. The molecule has 2 aromatic rings. The predicted octanol–water partition coefficient (Wildman–Crippen LogP) is 2.60. The van der Waals surface area contributed by atoms with Crippen LogP contribution < -0.4 is 4.74 Å². The van der Waals surface area contributed by atoms with Crippen LogP contribution >= 0.6 is 0 Å². The minimum absolute atomic E-state index is 0.718. The van der Waals surface area contributed by atoms with Crippen molar-refractivity contribution in [2.24, 2.45) is 0 Å². The van der Waals surface area contributed by atoms with Crippen molar-refractivity contribution in [3.63, 3.8) is 0 Å². The lowest BCUT2D eigenvalue weighted by atomic mass is 10.2. The van der Waals surface area contributed by atoms with E-state index in [9.17, 15) is 4.79 Å². The van der Waals surface area contributed by atoms with E-state index in [0.717, 1.165) is 34.3 Å². The van der Waals surface area contributed by atoms with Gasteiger partial charge in [-0.2, -0.15) is 5.10 Å². The van der Waals surface area contributed by atoms with Crippen molar-refractivity contribution in [2.75, 3.05) is 7.11 Å². The van der Waals surface area contributed by atoms with Crippen LogP contribution in [0.25, 0.3) is 11.8 Å². The Morgan fingerprint density at radius 2 is 2.15 bits per heavy atom. The molecule has 0 fully saturated rings. The number of aromatic nitrogens is 2. The number of carboxylic acid groups (broad SMARTS) is 1. The van der Waals surface area contributed by atoms with Crippen LogP contribution in [0.3, 0.4) is 0 Å². The quantitative estimate of drug-likeness (QED) is 0.869. The molecule has 0 aliphatic rings. The predicted molar refractivity (Wildman–Crippen MR) is 76.3 cm³/mol. The van der Waals surface area contributed by atoms with Gasteiger partial charge in [-0.15, -0.1) is 0 Å². The topological polar surface area (TPSA) is 64.4 Å². The number of rotatable bonds is 4. The van der Waals surface area contributed by atoms with Gasteiger partial charge < -0.3 is 9.84 Å². The van der Waals surface area contributed by atoms with Gasteiger partial charge in [-0.25, -0.2) is 9.48 Å². The Morgan fingerprint density at radius 3 is 2.80 bits per heavy atom. The van der Waals surface area contributed by atoms with Gasteiger partial charge in [-0.05, 0) is 37.6 Å². The fraction of sp³-hybridized carbons (Fsp3) is 0.200. The van der Waals surface area contributed by atoms with E-state index in [1.54, 1.807) is 18.0 Å². The maximum Gasteiger partial charge on any atom is 0.328 e. The van der Waals surface area contributed by atoms with E-state index >= 15 is 0 Å². The third-order valence-electron chi connectivity index (χ3n) is 3.02. The van der Waals surface area contributed by atoms with Crippen molar-refractivity contribution in [3.8, 4) is 11.4 Å². The third kappa shape index (κ3) is 2.71. The second-order valence-corrected chi connectivity index (χ2v) is 4.44. The minimum atomic E-state index is -0.981. The lowest BCUT2D eigenvalue weighted by Crippen LogP contribution is -2.02. The van der Waals surface area contributed by atoms with Crippen LogP contribution in [0.1, 0.15) is 16.8 Å². The third-order valence-corrected chi connectivity index (χ3v) is 3.02. The molecule has 5 nitrogen and oxygen atoms in total. The van der Waals surface area contributed by atoms with Gasteiger partial charge in [0, 0.05) is 17.3 Å². The summed E-state index contributed by atoms with van der Waals surface area (Å²) in [5.41, 5.74) is 3.54. The maximum absolute atomic E-state index is 10.6. The number of carboxylic acids is 1. The summed E-state index contributed by atoms with van der Waals surface area (Å²) in [6.45, 7) is 3.88. The van der Waals surface area contributed by atoms with Crippen LogP contribution in [0, 0.1) is 13.8 Å². The molecule has 5 heteroatoms. The maximum atomic E-state index is 10.6. The number of aliphatic carboxylic acids is 1. The van der Waals surface area contributed by atoms with Crippen molar-refractivity contribution >= 4 is 12.0 Å². The SMILES string of the molecule is COc1ccc(C)cc1-n1ncc(/C=C/C(=O)O)c1C. The molecule has 0 bridgehead atoms. The zero-order chi connectivity index (χ0) is 14.7. The first-order chi connectivity index (χ1) is 9.52. The first-order valence-corrected chi connectivity index (χ1v) is 6.13. The number of nitrogens with zero attached hydrogens (tertiary/aromatic N) is 2. The van der Waals surface area contributed by atoms with Crippen LogP contribution in [-0.4, -0.2) is 28.0 Å². The minimum Gasteiger partial charge on any atom is -0.494 e. The molecule has 0 amide bonds. The second-order valence-electron chi connectivity index (χ2n) is 4.44. The largest absolute Gasteiger partial charge is 0.494 e. The fourth-order valence-corrected chi connectivity index (χ4v) is 1.96. The van der Waals surface area contributed by atoms with Crippen LogP contribution in [0.4, 0.5) is 0 Å². The van der Waals surface area contributed by atoms with E-state index in [1.165, 1.54) is 6.08 Å².